The van der Waals surface area contributed by atoms with E-state index in [1.165, 1.54) is 12.0 Å². The van der Waals surface area contributed by atoms with Crippen molar-refractivity contribution in [3.8, 4) is 0 Å². The van der Waals surface area contributed by atoms with Gasteiger partial charge in [0.15, 0.2) is 0 Å². The van der Waals surface area contributed by atoms with Crippen LogP contribution in [0.5, 0.6) is 0 Å². The molecule has 7 heteroatoms. The molecule has 1 saturated heterocycles. The minimum Gasteiger partial charge on any atom is -0.393 e. The number of nitrogens with zero attached hydrogens (tertiary/aromatic N) is 1. The topological polar surface area (TPSA) is 52.9 Å². The molecule has 7 atom stereocenters. The van der Waals surface area contributed by atoms with Crippen LogP contribution >= 0.6 is 0 Å². The molecule has 1 aliphatic heterocycles. The summed E-state index contributed by atoms with van der Waals surface area (Å²) >= 11 is 0. The zero-order valence-corrected chi connectivity index (χ0v) is 20.5. The van der Waals surface area contributed by atoms with Crippen LogP contribution in [0.25, 0.3) is 0 Å². The fraction of sp³-hybridized carbons (Fsp3) is 0.778. The molecule has 0 radical (unpaired) electrons. The van der Waals surface area contributed by atoms with Gasteiger partial charge in [-0.05, 0) is 79.3 Å². The highest BCUT2D eigenvalue weighted by molar-refractivity contribution is 5.38. The van der Waals surface area contributed by atoms with Crippen molar-refractivity contribution in [3.63, 3.8) is 0 Å². The second kappa shape index (κ2) is 10.1. The Balaban J connectivity index is 1.41. The van der Waals surface area contributed by atoms with Crippen LogP contribution in [-0.4, -0.2) is 59.4 Å². The highest BCUT2D eigenvalue weighted by Crippen LogP contribution is 2.59. The van der Waals surface area contributed by atoms with Crippen molar-refractivity contribution in [2.45, 2.75) is 89.9 Å². The van der Waals surface area contributed by atoms with Crippen molar-refractivity contribution < 1.29 is 28.1 Å². The molecule has 0 bridgehead atoms. The van der Waals surface area contributed by atoms with Gasteiger partial charge < -0.3 is 15.1 Å². The van der Waals surface area contributed by atoms with Crippen LogP contribution in [0.1, 0.15) is 65.2 Å². The maximum absolute atomic E-state index is 12.6. The molecule has 34 heavy (non-hydrogen) atoms. The van der Waals surface area contributed by atoms with Gasteiger partial charge in [-0.1, -0.05) is 38.2 Å². The zero-order valence-electron chi connectivity index (χ0n) is 20.5. The first-order chi connectivity index (χ1) is 16.0. The second-order valence-corrected chi connectivity index (χ2v) is 11.4. The van der Waals surface area contributed by atoms with Crippen LogP contribution in [0.15, 0.2) is 35.5 Å². The quantitative estimate of drug-likeness (QED) is 0.552. The van der Waals surface area contributed by atoms with E-state index in [9.17, 15) is 23.4 Å². The van der Waals surface area contributed by atoms with E-state index in [0.717, 1.165) is 43.4 Å². The molecule has 4 nitrogen and oxygen atoms in total. The first-order valence-electron chi connectivity index (χ1n) is 12.9. The fourth-order valence-electron chi connectivity index (χ4n) is 7.46. The molecule has 4 rings (SSSR count). The standard InChI is InChI=1S/C27H40F3NO3/c1-17(15-31-12-10-22(16-31)34-27(28,29)30)23-8-9-24-19(5-4-11-26(23,24)3)6-7-20-13-21(32)14-25(33)18(20)2/h6-7,17,21-25,32-33H,2,4-5,8-16H2,1,3H3/b19-6+,20-7-/t17-,21-,22+,23-,24+,25+,26-/m1/s1. The van der Waals surface area contributed by atoms with Gasteiger partial charge in [0.05, 0.1) is 18.3 Å². The predicted molar refractivity (Wildman–Crippen MR) is 126 cm³/mol. The van der Waals surface area contributed by atoms with E-state index >= 15 is 0 Å². The van der Waals surface area contributed by atoms with Gasteiger partial charge >= 0.3 is 6.36 Å². The minimum absolute atomic E-state index is 0.201. The van der Waals surface area contributed by atoms with E-state index < -0.39 is 24.7 Å². The van der Waals surface area contributed by atoms with Crippen molar-refractivity contribution in [2.24, 2.45) is 23.2 Å². The highest BCUT2D eigenvalue weighted by Gasteiger charge is 2.51. The number of hydrogen-bond donors (Lipinski definition) is 2. The number of ether oxygens (including phenoxy) is 1. The third-order valence-electron chi connectivity index (χ3n) is 9.06. The zero-order chi connectivity index (χ0) is 24.7. The third-order valence-corrected chi connectivity index (χ3v) is 9.06. The summed E-state index contributed by atoms with van der Waals surface area (Å²) in [5.74, 6) is 1.47. The third kappa shape index (κ3) is 5.63. The first kappa shape index (κ1) is 25.9. The molecular formula is C27H40F3NO3. The van der Waals surface area contributed by atoms with Crippen molar-refractivity contribution >= 4 is 0 Å². The van der Waals surface area contributed by atoms with Crippen LogP contribution in [0.2, 0.25) is 0 Å². The molecule has 192 valence electrons. The molecule has 0 aromatic heterocycles. The molecule has 4 fully saturated rings. The Labute approximate surface area is 201 Å². The molecular weight excluding hydrogens is 443 g/mol. The molecule has 3 aliphatic carbocycles. The molecule has 0 aromatic carbocycles. The lowest BCUT2D eigenvalue weighted by atomic mass is 9.61. The Hall–Kier alpha value is -1.15. The molecule has 0 unspecified atom stereocenters. The van der Waals surface area contributed by atoms with E-state index in [0.29, 0.717) is 50.1 Å². The van der Waals surface area contributed by atoms with Crippen LogP contribution in [0, 0.1) is 23.2 Å². The maximum atomic E-state index is 12.6. The lowest BCUT2D eigenvalue weighted by Crippen LogP contribution is -2.39. The number of hydrogen-bond acceptors (Lipinski definition) is 4. The summed E-state index contributed by atoms with van der Waals surface area (Å²) in [5, 5.41) is 20.2. The summed E-state index contributed by atoms with van der Waals surface area (Å²) < 4.78 is 42.0. The smallest absolute Gasteiger partial charge is 0.393 e. The largest absolute Gasteiger partial charge is 0.522 e. The Morgan fingerprint density at radius 2 is 2.00 bits per heavy atom. The fourth-order valence-corrected chi connectivity index (χ4v) is 7.46. The number of alkyl halides is 3. The number of rotatable bonds is 5. The maximum Gasteiger partial charge on any atom is 0.522 e. The van der Waals surface area contributed by atoms with Gasteiger partial charge in [0.2, 0.25) is 0 Å². The Kier molecular flexibility index (Phi) is 7.68. The van der Waals surface area contributed by atoms with Crippen molar-refractivity contribution in [1.29, 1.82) is 0 Å². The lowest BCUT2D eigenvalue weighted by Gasteiger charge is -2.45. The summed E-state index contributed by atoms with van der Waals surface area (Å²) in [7, 11) is 0. The van der Waals surface area contributed by atoms with E-state index in [1.807, 2.05) is 0 Å². The van der Waals surface area contributed by atoms with Crippen LogP contribution in [0.4, 0.5) is 13.2 Å². The van der Waals surface area contributed by atoms with Gasteiger partial charge in [0, 0.05) is 26.1 Å². The van der Waals surface area contributed by atoms with Crippen molar-refractivity contribution in [2.75, 3.05) is 19.6 Å². The summed E-state index contributed by atoms with van der Waals surface area (Å²) in [5.41, 5.74) is 3.32. The number of aliphatic hydroxyl groups is 2. The summed E-state index contributed by atoms with van der Waals surface area (Å²) in [4.78, 5) is 2.15. The van der Waals surface area contributed by atoms with E-state index in [4.69, 9.17) is 0 Å². The van der Waals surface area contributed by atoms with Gasteiger partial charge in [-0.25, -0.2) is 0 Å². The molecule has 0 spiro atoms. The Morgan fingerprint density at radius 1 is 1.24 bits per heavy atom. The molecule has 0 aromatic rings. The monoisotopic (exact) mass is 483 g/mol. The van der Waals surface area contributed by atoms with E-state index in [-0.39, 0.29) is 5.41 Å². The number of fused-ring (bicyclic) bond motifs is 1. The molecule has 2 N–H and O–H groups in total. The molecule has 4 aliphatic rings. The first-order valence-corrected chi connectivity index (χ1v) is 12.9. The predicted octanol–water partition coefficient (Wildman–Crippen LogP) is 5.37. The molecule has 0 amide bonds. The minimum atomic E-state index is -4.56. The van der Waals surface area contributed by atoms with Crippen LogP contribution in [0.3, 0.4) is 0 Å². The van der Waals surface area contributed by atoms with Crippen LogP contribution < -0.4 is 0 Å². The highest BCUT2D eigenvalue weighted by atomic mass is 19.4. The average molecular weight is 484 g/mol. The number of likely N-dealkylation sites (tertiary alicyclic amines) is 1. The van der Waals surface area contributed by atoms with Crippen molar-refractivity contribution in [1.82, 2.24) is 4.90 Å². The SMILES string of the molecule is C=C1/C(=C\C=C2/CCC[C@]3(C)[C@@H]([C@H](C)CN4CC[C@H](OC(F)(F)F)C4)CC[C@@H]23)C[C@@H](O)C[C@@H]1O. The summed E-state index contributed by atoms with van der Waals surface area (Å²) in [6.45, 7) is 10.6. The van der Waals surface area contributed by atoms with E-state index in [1.54, 1.807) is 0 Å². The Morgan fingerprint density at radius 3 is 2.74 bits per heavy atom. The van der Waals surface area contributed by atoms with Crippen molar-refractivity contribution in [3.05, 3.63) is 35.5 Å². The molecule has 1 heterocycles. The average Bonchev–Trinajstić information content (AvgIpc) is 3.31. The van der Waals surface area contributed by atoms with E-state index in [2.05, 4.69) is 42.2 Å². The van der Waals surface area contributed by atoms with Gasteiger partial charge in [0.25, 0.3) is 0 Å². The summed E-state index contributed by atoms with van der Waals surface area (Å²) in [6.07, 6.45) is 4.81. The number of allylic oxidation sites excluding steroid dienone is 3. The van der Waals surface area contributed by atoms with Gasteiger partial charge in [-0.15, -0.1) is 13.2 Å². The van der Waals surface area contributed by atoms with Gasteiger partial charge in [0.1, 0.15) is 0 Å². The number of aliphatic hydroxyl groups excluding tert-OH is 2. The normalized spacial score (nSPS) is 40.8. The number of halogens is 3. The summed E-state index contributed by atoms with van der Waals surface area (Å²) in [6, 6.07) is 0. The van der Waals surface area contributed by atoms with Gasteiger partial charge in [-0.2, -0.15) is 0 Å². The van der Waals surface area contributed by atoms with Gasteiger partial charge in [-0.3, -0.25) is 4.74 Å². The Bertz CT molecular complexity index is 822. The van der Waals surface area contributed by atoms with Crippen LogP contribution in [-0.2, 0) is 4.74 Å². The second-order valence-electron chi connectivity index (χ2n) is 11.4. The lowest BCUT2D eigenvalue weighted by molar-refractivity contribution is -0.340. The molecule has 3 saturated carbocycles.